The number of aliphatic hydroxyl groups excluding tert-OH is 1. The van der Waals surface area contributed by atoms with Crippen molar-refractivity contribution in [2.45, 2.75) is 18.9 Å². The zero-order chi connectivity index (χ0) is 21.2. The molecule has 156 valence electrons. The fourth-order valence-electron chi connectivity index (χ4n) is 3.72. The van der Waals surface area contributed by atoms with E-state index in [2.05, 4.69) is 32.4 Å². The number of carbonyl (C=O) groups excluding carboxylic acids is 1. The predicted octanol–water partition coefficient (Wildman–Crippen LogP) is 3.63. The molecule has 5 rings (SSSR count). The second-order valence-electron chi connectivity index (χ2n) is 7.57. The van der Waals surface area contributed by atoms with Crippen molar-refractivity contribution in [2.75, 3.05) is 18.4 Å². The molecular formula is C23H21N5O2S. The Hall–Kier alpha value is -3.36. The Morgan fingerprint density at radius 1 is 1.13 bits per heavy atom. The number of fused-ring (bicyclic) bond motifs is 1. The number of hydrogen-bond acceptors (Lipinski definition) is 7. The molecule has 1 unspecified atom stereocenters. The lowest BCUT2D eigenvalue weighted by atomic mass is 10.1. The first kappa shape index (κ1) is 19.6. The minimum atomic E-state index is -0.406. The topological polar surface area (TPSA) is 91.2 Å². The number of likely N-dealkylation sites (tertiary alicyclic amines) is 1. The van der Waals surface area contributed by atoms with Crippen LogP contribution in [0.15, 0.2) is 61.1 Å². The highest BCUT2D eigenvalue weighted by molar-refractivity contribution is 7.22. The fraction of sp³-hybridized carbons (Fsp3) is 0.217. The summed E-state index contributed by atoms with van der Waals surface area (Å²) in [5.74, 6) is 0.678. The first-order chi connectivity index (χ1) is 15.1. The van der Waals surface area contributed by atoms with E-state index < -0.39 is 6.10 Å². The first-order valence-electron chi connectivity index (χ1n) is 10.1. The summed E-state index contributed by atoms with van der Waals surface area (Å²) >= 11 is 1.56. The lowest BCUT2D eigenvalue weighted by molar-refractivity contribution is -0.129. The van der Waals surface area contributed by atoms with Crippen LogP contribution in [0.2, 0.25) is 0 Å². The molecule has 4 heterocycles. The second-order valence-corrected chi connectivity index (χ2v) is 8.60. The smallest absolute Gasteiger partial charge is 0.227 e. The number of anilines is 2. The van der Waals surface area contributed by atoms with Crippen LogP contribution in [0.1, 0.15) is 12.0 Å². The van der Waals surface area contributed by atoms with Crippen molar-refractivity contribution in [3.63, 3.8) is 0 Å². The molecule has 4 aromatic rings. The molecular weight excluding hydrogens is 410 g/mol. The third-order valence-electron chi connectivity index (χ3n) is 5.33. The molecule has 0 radical (unpaired) electrons. The van der Waals surface area contributed by atoms with Crippen molar-refractivity contribution >= 4 is 38.4 Å². The number of aliphatic hydroxyl groups is 1. The van der Waals surface area contributed by atoms with Gasteiger partial charge in [-0.2, -0.15) is 0 Å². The average molecular weight is 432 g/mol. The van der Waals surface area contributed by atoms with Gasteiger partial charge in [-0.05, 0) is 59.5 Å². The van der Waals surface area contributed by atoms with Gasteiger partial charge in [0.25, 0.3) is 0 Å². The monoisotopic (exact) mass is 431 g/mol. The largest absolute Gasteiger partial charge is 0.391 e. The highest BCUT2D eigenvalue weighted by atomic mass is 32.1. The van der Waals surface area contributed by atoms with Gasteiger partial charge in [-0.1, -0.05) is 17.4 Å². The lowest BCUT2D eigenvalue weighted by Gasteiger charge is -2.15. The molecule has 7 nitrogen and oxygen atoms in total. The number of thiazole rings is 1. The van der Waals surface area contributed by atoms with Gasteiger partial charge >= 0.3 is 0 Å². The van der Waals surface area contributed by atoms with E-state index in [1.807, 2.05) is 30.3 Å². The van der Waals surface area contributed by atoms with Gasteiger partial charge in [0.05, 0.1) is 22.7 Å². The van der Waals surface area contributed by atoms with Crippen LogP contribution in [0.5, 0.6) is 0 Å². The minimum absolute atomic E-state index is 0.0253. The predicted molar refractivity (Wildman–Crippen MR) is 121 cm³/mol. The quantitative estimate of drug-likeness (QED) is 0.501. The molecule has 1 saturated heterocycles. The standard InChI is InChI=1S/C23H21N5O2S/c29-18-6-10-28(14-18)22(30)12-15-3-9-25-21(11-15)27-23-26-19-2-1-17(13-20(19)31-23)16-4-7-24-8-5-16/h1-5,7-9,11,13,18,29H,6,10,12,14H2,(H,25,26,27). The average Bonchev–Trinajstić information content (AvgIpc) is 3.39. The summed E-state index contributed by atoms with van der Waals surface area (Å²) in [5, 5.41) is 13.7. The molecule has 3 aromatic heterocycles. The van der Waals surface area contributed by atoms with Crippen LogP contribution in [-0.4, -0.2) is 50.1 Å². The van der Waals surface area contributed by atoms with E-state index in [4.69, 9.17) is 0 Å². The van der Waals surface area contributed by atoms with Gasteiger partial charge < -0.3 is 15.3 Å². The summed E-state index contributed by atoms with van der Waals surface area (Å²) < 4.78 is 1.08. The molecule has 0 saturated carbocycles. The normalized spacial score (nSPS) is 16.0. The summed E-state index contributed by atoms with van der Waals surface area (Å²) in [6, 6.07) is 13.9. The van der Waals surface area contributed by atoms with Crippen LogP contribution in [0.4, 0.5) is 10.9 Å². The van der Waals surface area contributed by atoms with Gasteiger partial charge in [0.2, 0.25) is 5.91 Å². The van der Waals surface area contributed by atoms with Crippen molar-refractivity contribution in [3.05, 3.63) is 66.6 Å². The van der Waals surface area contributed by atoms with Crippen LogP contribution in [0.25, 0.3) is 21.3 Å². The number of nitrogens with zero attached hydrogens (tertiary/aromatic N) is 4. The number of aromatic nitrogens is 3. The Bertz CT molecular complexity index is 1230. The van der Waals surface area contributed by atoms with Gasteiger partial charge in [-0.15, -0.1) is 0 Å². The number of carbonyl (C=O) groups is 1. The highest BCUT2D eigenvalue weighted by Crippen LogP contribution is 2.31. The van der Waals surface area contributed by atoms with Gasteiger partial charge in [-0.25, -0.2) is 9.97 Å². The lowest BCUT2D eigenvalue weighted by Crippen LogP contribution is -2.30. The summed E-state index contributed by atoms with van der Waals surface area (Å²) in [6.07, 6.45) is 5.80. The maximum absolute atomic E-state index is 12.5. The van der Waals surface area contributed by atoms with E-state index in [9.17, 15) is 9.90 Å². The number of rotatable bonds is 5. The van der Waals surface area contributed by atoms with Gasteiger partial charge in [0, 0.05) is 31.7 Å². The van der Waals surface area contributed by atoms with Gasteiger partial charge in [0.1, 0.15) is 5.82 Å². The molecule has 0 spiro atoms. The maximum Gasteiger partial charge on any atom is 0.227 e. The van der Waals surface area contributed by atoms with E-state index in [0.29, 0.717) is 31.7 Å². The number of nitrogens with one attached hydrogen (secondary N) is 1. The molecule has 1 aliphatic rings. The maximum atomic E-state index is 12.5. The number of benzene rings is 1. The summed E-state index contributed by atoms with van der Waals surface area (Å²) in [6.45, 7) is 1.03. The molecule has 2 N–H and O–H groups in total. The second kappa shape index (κ2) is 8.41. The van der Waals surface area contributed by atoms with Gasteiger partial charge in [0.15, 0.2) is 5.13 Å². The summed E-state index contributed by atoms with van der Waals surface area (Å²) in [7, 11) is 0. The van der Waals surface area contributed by atoms with E-state index in [1.165, 1.54) is 0 Å². The van der Waals surface area contributed by atoms with E-state index in [-0.39, 0.29) is 5.91 Å². The van der Waals surface area contributed by atoms with Crippen LogP contribution in [-0.2, 0) is 11.2 Å². The molecule has 8 heteroatoms. The van der Waals surface area contributed by atoms with Crippen molar-refractivity contribution in [3.8, 4) is 11.1 Å². The molecule has 0 aliphatic carbocycles. The van der Waals surface area contributed by atoms with Crippen LogP contribution in [0.3, 0.4) is 0 Å². The molecule has 31 heavy (non-hydrogen) atoms. The molecule has 1 aromatic carbocycles. The molecule has 1 atom stereocenters. The summed E-state index contributed by atoms with van der Waals surface area (Å²) in [5.41, 5.74) is 4.04. The van der Waals surface area contributed by atoms with E-state index in [0.717, 1.165) is 32.0 Å². The van der Waals surface area contributed by atoms with E-state index >= 15 is 0 Å². The number of pyridine rings is 2. The van der Waals surface area contributed by atoms with Crippen molar-refractivity contribution in [1.82, 2.24) is 19.9 Å². The third kappa shape index (κ3) is 4.40. The highest BCUT2D eigenvalue weighted by Gasteiger charge is 2.24. The zero-order valence-electron chi connectivity index (χ0n) is 16.7. The Morgan fingerprint density at radius 2 is 2.00 bits per heavy atom. The van der Waals surface area contributed by atoms with Crippen molar-refractivity contribution < 1.29 is 9.90 Å². The van der Waals surface area contributed by atoms with Crippen LogP contribution >= 0.6 is 11.3 Å². The van der Waals surface area contributed by atoms with Crippen LogP contribution < -0.4 is 5.32 Å². The molecule has 1 amide bonds. The van der Waals surface area contributed by atoms with Crippen LogP contribution in [0, 0.1) is 0 Å². The van der Waals surface area contributed by atoms with Gasteiger partial charge in [-0.3, -0.25) is 9.78 Å². The van der Waals surface area contributed by atoms with Crippen molar-refractivity contribution in [2.24, 2.45) is 0 Å². The number of amides is 1. The number of β-amino-alcohol motifs (C(OH)–C–C–N with tert-alkyl or cyclic N) is 1. The first-order valence-corrected chi connectivity index (χ1v) is 10.9. The Kier molecular flexibility index (Phi) is 5.31. The van der Waals surface area contributed by atoms with E-state index in [1.54, 1.807) is 34.8 Å². The number of hydrogen-bond donors (Lipinski definition) is 2. The van der Waals surface area contributed by atoms with Crippen molar-refractivity contribution in [1.29, 1.82) is 0 Å². The Balaban J connectivity index is 1.31. The molecule has 0 bridgehead atoms. The minimum Gasteiger partial charge on any atom is -0.391 e. The third-order valence-corrected chi connectivity index (χ3v) is 6.27. The fourth-order valence-corrected chi connectivity index (χ4v) is 4.63. The SMILES string of the molecule is O=C(Cc1ccnc(Nc2nc3ccc(-c4ccncc4)cc3s2)c1)N1CCC(O)C1. The summed E-state index contributed by atoms with van der Waals surface area (Å²) in [4.78, 5) is 27.3. The molecule has 1 fully saturated rings. The Labute approximate surface area is 183 Å². The molecule has 1 aliphatic heterocycles. The zero-order valence-corrected chi connectivity index (χ0v) is 17.5. The Morgan fingerprint density at radius 3 is 2.81 bits per heavy atom.